The molecule has 4 rings (SSSR count). The van der Waals surface area contributed by atoms with Gasteiger partial charge in [-0.1, -0.05) is 23.4 Å². The van der Waals surface area contributed by atoms with Crippen LogP contribution in [0.25, 0.3) is 11.5 Å². The van der Waals surface area contributed by atoms with Crippen LogP contribution in [-0.4, -0.2) is 11.1 Å². The number of carbonyl (C=O) groups excluding carboxylic acids is 1. The fraction of sp³-hybridized carbons (Fsp3) is 0. The predicted molar refractivity (Wildman–Crippen MR) is 98.3 cm³/mol. The number of nitrogens with zero attached hydrogens (tertiary/aromatic N) is 1. The number of amides is 1. The normalized spacial score (nSPS) is 10.5. The second kappa shape index (κ2) is 6.98. The molecule has 0 fully saturated rings. The summed E-state index contributed by atoms with van der Waals surface area (Å²) in [5.41, 5.74) is 2.77. The highest BCUT2D eigenvalue weighted by atomic mass is 16.5. The minimum atomic E-state index is -0.352. The molecule has 4 aromatic rings. The summed E-state index contributed by atoms with van der Waals surface area (Å²) in [6.45, 7) is 0. The quantitative estimate of drug-likeness (QED) is 0.536. The Balaban J connectivity index is 1.41. The van der Waals surface area contributed by atoms with Crippen molar-refractivity contribution in [3.05, 3.63) is 84.8 Å². The van der Waals surface area contributed by atoms with Gasteiger partial charge >= 0.3 is 0 Å². The first-order valence-corrected chi connectivity index (χ1v) is 8.02. The Hall–Kier alpha value is -3.80. The third kappa shape index (κ3) is 3.49. The summed E-state index contributed by atoms with van der Waals surface area (Å²) in [6, 6.07) is 22.3. The first-order valence-electron chi connectivity index (χ1n) is 8.02. The molecule has 2 N–H and O–H groups in total. The summed E-state index contributed by atoms with van der Waals surface area (Å²) >= 11 is 0. The molecule has 0 saturated heterocycles. The standard InChI is InChI=1S/C20H15N3O3/c24-20(17-13-19(26-23-17)18-7-4-12-25-18)22-16-10-8-15(9-11-16)21-14-5-2-1-3-6-14/h1-13,21H,(H,22,24). The van der Waals surface area contributed by atoms with E-state index in [2.05, 4.69) is 15.8 Å². The summed E-state index contributed by atoms with van der Waals surface area (Å²) in [7, 11) is 0. The van der Waals surface area contributed by atoms with Gasteiger partial charge in [0.2, 0.25) is 5.76 Å². The van der Waals surface area contributed by atoms with E-state index in [4.69, 9.17) is 8.94 Å². The Bertz CT molecular complexity index is 990. The summed E-state index contributed by atoms with van der Waals surface area (Å²) < 4.78 is 10.4. The van der Waals surface area contributed by atoms with Crippen LogP contribution in [0.5, 0.6) is 0 Å². The van der Waals surface area contributed by atoms with E-state index in [1.54, 1.807) is 18.2 Å². The molecule has 0 saturated carbocycles. The molecule has 0 spiro atoms. The molecule has 0 unspecified atom stereocenters. The smallest absolute Gasteiger partial charge is 0.277 e. The topological polar surface area (TPSA) is 80.3 Å². The molecule has 0 aliphatic carbocycles. The van der Waals surface area contributed by atoms with Crippen LogP contribution in [0.1, 0.15) is 10.5 Å². The SMILES string of the molecule is O=C(Nc1ccc(Nc2ccccc2)cc1)c1cc(-c2ccco2)on1. The highest BCUT2D eigenvalue weighted by molar-refractivity contribution is 6.03. The van der Waals surface area contributed by atoms with Gasteiger partial charge in [0, 0.05) is 23.1 Å². The Morgan fingerprint density at radius 1 is 0.808 bits per heavy atom. The second-order valence-electron chi connectivity index (χ2n) is 5.58. The third-order valence-electron chi connectivity index (χ3n) is 3.71. The van der Waals surface area contributed by atoms with Crippen LogP contribution in [0.4, 0.5) is 17.1 Å². The van der Waals surface area contributed by atoms with Gasteiger partial charge in [-0.3, -0.25) is 4.79 Å². The van der Waals surface area contributed by atoms with E-state index in [9.17, 15) is 4.79 Å². The summed E-state index contributed by atoms with van der Waals surface area (Å²) in [6.07, 6.45) is 1.53. The number of rotatable bonds is 5. The zero-order valence-electron chi connectivity index (χ0n) is 13.7. The first kappa shape index (κ1) is 15.7. The highest BCUT2D eigenvalue weighted by Gasteiger charge is 2.15. The summed E-state index contributed by atoms with van der Waals surface area (Å²) in [5.74, 6) is 0.575. The van der Waals surface area contributed by atoms with Crippen molar-refractivity contribution >= 4 is 23.0 Å². The van der Waals surface area contributed by atoms with Gasteiger partial charge in [0.1, 0.15) is 0 Å². The fourth-order valence-electron chi connectivity index (χ4n) is 2.44. The average molecular weight is 345 g/mol. The van der Waals surface area contributed by atoms with Crippen LogP contribution in [0, 0.1) is 0 Å². The zero-order valence-corrected chi connectivity index (χ0v) is 13.7. The Morgan fingerprint density at radius 2 is 1.54 bits per heavy atom. The number of furan rings is 1. The van der Waals surface area contributed by atoms with Crippen LogP contribution in [0.15, 0.2) is 88.0 Å². The average Bonchev–Trinajstić information content (AvgIpc) is 3.36. The number of hydrogen-bond donors (Lipinski definition) is 2. The zero-order chi connectivity index (χ0) is 17.8. The summed E-state index contributed by atoms with van der Waals surface area (Å²) in [4.78, 5) is 12.3. The van der Waals surface area contributed by atoms with Gasteiger partial charge < -0.3 is 19.6 Å². The van der Waals surface area contributed by atoms with Crippen molar-refractivity contribution in [3.63, 3.8) is 0 Å². The minimum absolute atomic E-state index is 0.183. The molecule has 0 radical (unpaired) electrons. The molecule has 6 nitrogen and oxygen atoms in total. The number of para-hydroxylation sites is 1. The molecule has 0 atom stereocenters. The lowest BCUT2D eigenvalue weighted by Gasteiger charge is -2.08. The van der Waals surface area contributed by atoms with Crippen molar-refractivity contribution in [1.29, 1.82) is 0 Å². The van der Waals surface area contributed by atoms with Crippen LogP contribution in [-0.2, 0) is 0 Å². The maximum atomic E-state index is 12.3. The maximum Gasteiger partial charge on any atom is 0.277 e. The lowest BCUT2D eigenvalue weighted by molar-refractivity contribution is 0.101. The number of nitrogens with one attached hydrogen (secondary N) is 2. The van der Waals surface area contributed by atoms with Crippen LogP contribution >= 0.6 is 0 Å². The molecule has 2 aromatic carbocycles. The minimum Gasteiger partial charge on any atom is -0.461 e. The largest absolute Gasteiger partial charge is 0.461 e. The molecular weight excluding hydrogens is 330 g/mol. The van der Waals surface area contributed by atoms with E-state index in [1.807, 2.05) is 54.6 Å². The van der Waals surface area contributed by atoms with E-state index < -0.39 is 0 Å². The third-order valence-corrected chi connectivity index (χ3v) is 3.71. The monoisotopic (exact) mass is 345 g/mol. The molecule has 1 amide bonds. The van der Waals surface area contributed by atoms with Crippen molar-refractivity contribution < 1.29 is 13.7 Å². The van der Waals surface area contributed by atoms with Crippen LogP contribution in [0.2, 0.25) is 0 Å². The van der Waals surface area contributed by atoms with Gasteiger partial charge in [0.25, 0.3) is 5.91 Å². The number of hydrogen-bond acceptors (Lipinski definition) is 5. The van der Waals surface area contributed by atoms with Gasteiger partial charge in [-0.05, 0) is 48.5 Å². The second-order valence-corrected chi connectivity index (χ2v) is 5.58. The predicted octanol–water partition coefficient (Wildman–Crippen LogP) is 4.93. The van der Waals surface area contributed by atoms with Crippen molar-refractivity contribution in [3.8, 4) is 11.5 Å². The highest BCUT2D eigenvalue weighted by Crippen LogP contribution is 2.22. The number of aromatic nitrogens is 1. The molecule has 0 aliphatic rings. The molecule has 128 valence electrons. The van der Waals surface area contributed by atoms with E-state index in [0.29, 0.717) is 17.2 Å². The molecule has 0 aliphatic heterocycles. The lowest BCUT2D eigenvalue weighted by atomic mass is 10.2. The van der Waals surface area contributed by atoms with E-state index in [1.165, 1.54) is 6.26 Å². The molecule has 0 bridgehead atoms. The van der Waals surface area contributed by atoms with E-state index in [-0.39, 0.29) is 11.6 Å². The fourth-order valence-corrected chi connectivity index (χ4v) is 2.44. The molecular formula is C20H15N3O3. The maximum absolute atomic E-state index is 12.3. The van der Waals surface area contributed by atoms with Gasteiger partial charge in [-0.25, -0.2) is 0 Å². The van der Waals surface area contributed by atoms with E-state index >= 15 is 0 Å². The molecule has 6 heteroatoms. The first-order chi connectivity index (χ1) is 12.8. The number of anilines is 3. The number of carbonyl (C=O) groups is 1. The van der Waals surface area contributed by atoms with Crippen molar-refractivity contribution in [1.82, 2.24) is 5.16 Å². The summed E-state index contributed by atoms with van der Waals surface area (Å²) in [5, 5.41) is 9.85. The Morgan fingerprint density at radius 3 is 2.27 bits per heavy atom. The van der Waals surface area contributed by atoms with Gasteiger partial charge in [-0.15, -0.1) is 0 Å². The van der Waals surface area contributed by atoms with Crippen molar-refractivity contribution in [2.45, 2.75) is 0 Å². The molecule has 2 aromatic heterocycles. The Labute approximate surface area is 149 Å². The van der Waals surface area contributed by atoms with Gasteiger partial charge in [0.05, 0.1) is 6.26 Å². The van der Waals surface area contributed by atoms with Gasteiger partial charge in [0.15, 0.2) is 11.5 Å². The van der Waals surface area contributed by atoms with Crippen molar-refractivity contribution in [2.24, 2.45) is 0 Å². The molecule has 26 heavy (non-hydrogen) atoms. The van der Waals surface area contributed by atoms with Crippen LogP contribution < -0.4 is 10.6 Å². The molecule has 2 heterocycles. The lowest BCUT2D eigenvalue weighted by Crippen LogP contribution is -2.12. The van der Waals surface area contributed by atoms with Crippen LogP contribution in [0.3, 0.4) is 0 Å². The Kier molecular flexibility index (Phi) is 4.22. The van der Waals surface area contributed by atoms with Crippen molar-refractivity contribution in [2.75, 3.05) is 10.6 Å². The number of benzene rings is 2. The van der Waals surface area contributed by atoms with Gasteiger partial charge in [-0.2, -0.15) is 0 Å². The van der Waals surface area contributed by atoms with E-state index in [0.717, 1.165) is 11.4 Å².